The average Bonchev–Trinajstić information content (AvgIpc) is 2.95. The van der Waals surface area contributed by atoms with Crippen LogP contribution in [-0.4, -0.2) is 47.2 Å². The van der Waals surface area contributed by atoms with Gasteiger partial charge in [0, 0.05) is 17.8 Å². The second-order valence-corrected chi connectivity index (χ2v) is 7.78. The number of carbonyl (C=O) groups is 2. The van der Waals surface area contributed by atoms with Crippen molar-refractivity contribution in [3.63, 3.8) is 0 Å². The molecule has 3 rings (SSSR count). The zero-order valence-electron chi connectivity index (χ0n) is 14.5. The summed E-state index contributed by atoms with van der Waals surface area (Å²) in [5.41, 5.74) is 0.370. The number of ether oxygens (including phenoxy) is 3. The maximum atomic E-state index is 12.2. The highest BCUT2D eigenvalue weighted by Gasteiger charge is 2.28. The Morgan fingerprint density at radius 2 is 2.16 bits per heavy atom. The summed E-state index contributed by atoms with van der Waals surface area (Å²) in [6.45, 7) is 7.27. The Labute approximate surface area is 149 Å². The number of thiazole rings is 1. The standard InChI is InChI=1S/C16H21N3O5S/c1-16(2,3)24-15(21)19-5-4-10-12(8-19)25-14(17-10)18-13(20)11-9-22-6-7-23-11/h9H,4-8H2,1-3H3,(H,17,18,20). The van der Waals surface area contributed by atoms with E-state index in [1.807, 2.05) is 20.8 Å². The van der Waals surface area contributed by atoms with Gasteiger partial charge in [0.1, 0.15) is 25.1 Å². The van der Waals surface area contributed by atoms with Crippen molar-refractivity contribution < 1.29 is 23.8 Å². The minimum absolute atomic E-state index is 0.134. The summed E-state index contributed by atoms with van der Waals surface area (Å²) in [6, 6.07) is 0. The molecule has 0 fully saturated rings. The van der Waals surface area contributed by atoms with E-state index >= 15 is 0 Å². The van der Waals surface area contributed by atoms with Crippen molar-refractivity contribution >= 4 is 28.5 Å². The Kier molecular flexibility index (Phi) is 4.85. The highest BCUT2D eigenvalue weighted by Crippen LogP contribution is 2.29. The lowest BCUT2D eigenvalue weighted by Crippen LogP contribution is -2.39. The maximum absolute atomic E-state index is 12.2. The first kappa shape index (κ1) is 17.5. The van der Waals surface area contributed by atoms with Crippen LogP contribution in [0.5, 0.6) is 0 Å². The molecule has 2 aliphatic heterocycles. The Hall–Kier alpha value is -2.29. The fourth-order valence-electron chi connectivity index (χ4n) is 2.38. The molecule has 0 radical (unpaired) electrons. The Balaban J connectivity index is 1.63. The molecule has 1 N–H and O–H groups in total. The molecule has 2 aliphatic rings. The monoisotopic (exact) mass is 367 g/mol. The van der Waals surface area contributed by atoms with Crippen molar-refractivity contribution in [2.45, 2.75) is 39.3 Å². The van der Waals surface area contributed by atoms with E-state index in [1.54, 1.807) is 4.90 Å². The highest BCUT2D eigenvalue weighted by molar-refractivity contribution is 7.15. The van der Waals surface area contributed by atoms with E-state index in [0.717, 1.165) is 10.6 Å². The molecular formula is C16H21N3O5S. The normalized spacial score (nSPS) is 16.9. The van der Waals surface area contributed by atoms with Gasteiger partial charge in [0.05, 0.1) is 12.2 Å². The van der Waals surface area contributed by atoms with Crippen molar-refractivity contribution in [3.8, 4) is 0 Å². The van der Waals surface area contributed by atoms with Crippen molar-refractivity contribution in [2.75, 3.05) is 25.1 Å². The lowest BCUT2D eigenvalue weighted by molar-refractivity contribution is -0.117. The molecule has 0 aromatic carbocycles. The Morgan fingerprint density at radius 3 is 2.84 bits per heavy atom. The zero-order chi connectivity index (χ0) is 18.0. The summed E-state index contributed by atoms with van der Waals surface area (Å²) in [4.78, 5) is 31.3. The van der Waals surface area contributed by atoms with Crippen LogP contribution in [-0.2, 0) is 32.0 Å². The Morgan fingerprint density at radius 1 is 1.36 bits per heavy atom. The smallest absolute Gasteiger partial charge is 0.410 e. The molecule has 1 aromatic rings. The fourth-order valence-corrected chi connectivity index (χ4v) is 3.40. The van der Waals surface area contributed by atoms with Gasteiger partial charge in [0.15, 0.2) is 5.13 Å². The predicted octanol–water partition coefficient (Wildman–Crippen LogP) is 2.26. The van der Waals surface area contributed by atoms with Gasteiger partial charge in [-0.25, -0.2) is 9.78 Å². The largest absolute Gasteiger partial charge is 0.494 e. The maximum Gasteiger partial charge on any atom is 0.410 e. The van der Waals surface area contributed by atoms with E-state index in [0.29, 0.717) is 37.9 Å². The molecule has 9 heteroatoms. The number of hydrogen-bond donors (Lipinski definition) is 1. The van der Waals surface area contributed by atoms with Gasteiger partial charge in [-0.2, -0.15) is 0 Å². The van der Waals surface area contributed by atoms with Gasteiger partial charge in [-0.3, -0.25) is 10.1 Å². The molecule has 0 bridgehead atoms. The molecule has 136 valence electrons. The summed E-state index contributed by atoms with van der Waals surface area (Å²) in [6.07, 6.45) is 1.59. The molecule has 2 amide bonds. The van der Waals surface area contributed by atoms with Crippen LogP contribution in [0.4, 0.5) is 9.93 Å². The number of aromatic nitrogens is 1. The minimum atomic E-state index is -0.528. The van der Waals surface area contributed by atoms with Gasteiger partial charge in [0.25, 0.3) is 5.91 Å². The van der Waals surface area contributed by atoms with Gasteiger partial charge in [-0.1, -0.05) is 11.3 Å². The van der Waals surface area contributed by atoms with Gasteiger partial charge < -0.3 is 19.1 Å². The number of hydrogen-bond acceptors (Lipinski definition) is 7. The number of carbonyl (C=O) groups excluding carboxylic acids is 2. The lowest BCUT2D eigenvalue weighted by Gasteiger charge is -2.29. The first-order valence-corrected chi connectivity index (χ1v) is 8.86. The number of fused-ring (bicyclic) bond motifs is 1. The van der Waals surface area contributed by atoms with E-state index in [-0.39, 0.29) is 11.9 Å². The van der Waals surface area contributed by atoms with Crippen LogP contribution in [0.3, 0.4) is 0 Å². The van der Waals surface area contributed by atoms with E-state index < -0.39 is 11.5 Å². The molecule has 0 unspecified atom stereocenters. The first-order chi connectivity index (χ1) is 11.8. The number of rotatable bonds is 2. The van der Waals surface area contributed by atoms with E-state index in [1.165, 1.54) is 17.6 Å². The quantitative estimate of drug-likeness (QED) is 0.862. The summed E-state index contributed by atoms with van der Waals surface area (Å²) < 4.78 is 15.7. The zero-order valence-corrected chi connectivity index (χ0v) is 15.3. The van der Waals surface area contributed by atoms with Crippen molar-refractivity contribution in [1.82, 2.24) is 9.88 Å². The molecule has 25 heavy (non-hydrogen) atoms. The van der Waals surface area contributed by atoms with Crippen LogP contribution in [0.15, 0.2) is 12.0 Å². The number of amides is 2. The molecule has 0 spiro atoms. The third-order valence-corrected chi connectivity index (χ3v) is 4.47. The predicted molar refractivity (Wildman–Crippen MR) is 91.1 cm³/mol. The lowest BCUT2D eigenvalue weighted by atomic mass is 10.2. The molecule has 0 aliphatic carbocycles. The molecule has 0 saturated heterocycles. The number of anilines is 1. The highest BCUT2D eigenvalue weighted by atomic mass is 32.1. The van der Waals surface area contributed by atoms with Crippen LogP contribution in [0.25, 0.3) is 0 Å². The van der Waals surface area contributed by atoms with Gasteiger partial charge in [-0.05, 0) is 20.8 Å². The van der Waals surface area contributed by atoms with Crippen molar-refractivity contribution in [1.29, 1.82) is 0 Å². The summed E-state index contributed by atoms with van der Waals surface area (Å²) in [5.74, 6) is -0.260. The van der Waals surface area contributed by atoms with Crippen LogP contribution in [0.1, 0.15) is 31.3 Å². The van der Waals surface area contributed by atoms with Crippen molar-refractivity contribution in [3.05, 3.63) is 22.6 Å². The summed E-state index contributed by atoms with van der Waals surface area (Å²) in [5, 5.41) is 3.19. The topological polar surface area (TPSA) is 90.0 Å². The summed E-state index contributed by atoms with van der Waals surface area (Å²) >= 11 is 1.35. The molecule has 8 nitrogen and oxygen atoms in total. The number of nitrogens with zero attached hydrogens (tertiary/aromatic N) is 2. The molecular weight excluding hydrogens is 346 g/mol. The van der Waals surface area contributed by atoms with Crippen LogP contribution < -0.4 is 5.32 Å². The Bertz CT molecular complexity index is 707. The second-order valence-electron chi connectivity index (χ2n) is 6.70. The van der Waals surface area contributed by atoms with Gasteiger partial charge >= 0.3 is 6.09 Å². The van der Waals surface area contributed by atoms with E-state index in [4.69, 9.17) is 14.2 Å². The van der Waals surface area contributed by atoms with Gasteiger partial charge in [-0.15, -0.1) is 0 Å². The SMILES string of the molecule is CC(C)(C)OC(=O)N1CCc2nc(NC(=O)C3=COCCO3)sc2C1. The fraction of sp³-hybridized carbons (Fsp3) is 0.562. The van der Waals surface area contributed by atoms with Crippen LogP contribution in [0, 0.1) is 0 Å². The van der Waals surface area contributed by atoms with Crippen LogP contribution in [0.2, 0.25) is 0 Å². The third kappa shape index (κ3) is 4.41. The molecule has 3 heterocycles. The first-order valence-electron chi connectivity index (χ1n) is 8.04. The minimum Gasteiger partial charge on any atom is -0.494 e. The van der Waals surface area contributed by atoms with Crippen LogP contribution >= 0.6 is 11.3 Å². The average molecular weight is 367 g/mol. The van der Waals surface area contributed by atoms with Gasteiger partial charge in [0.2, 0.25) is 5.76 Å². The van der Waals surface area contributed by atoms with E-state index in [2.05, 4.69) is 10.3 Å². The second kappa shape index (κ2) is 6.91. The molecule has 1 aromatic heterocycles. The van der Waals surface area contributed by atoms with Crippen molar-refractivity contribution in [2.24, 2.45) is 0 Å². The summed E-state index contributed by atoms with van der Waals surface area (Å²) in [7, 11) is 0. The third-order valence-electron chi connectivity index (χ3n) is 3.48. The number of nitrogens with one attached hydrogen (secondary N) is 1. The molecule has 0 saturated carbocycles. The molecule has 0 atom stereocenters. The van der Waals surface area contributed by atoms with E-state index in [9.17, 15) is 9.59 Å².